The first-order chi connectivity index (χ1) is 9.38. The summed E-state index contributed by atoms with van der Waals surface area (Å²) < 4.78 is 37.6. The van der Waals surface area contributed by atoms with E-state index in [0.717, 1.165) is 25.2 Å². The quantitative estimate of drug-likeness (QED) is 0.836. The van der Waals surface area contributed by atoms with E-state index in [1.54, 1.807) is 0 Å². The molecular weight excluding hydrogens is 267 g/mol. The average molecular weight is 287 g/mol. The van der Waals surface area contributed by atoms with Gasteiger partial charge in [0.25, 0.3) is 0 Å². The Morgan fingerprint density at radius 1 is 1.30 bits per heavy atom. The zero-order valence-electron chi connectivity index (χ0n) is 11.5. The van der Waals surface area contributed by atoms with Crippen LogP contribution in [0, 0.1) is 0 Å². The van der Waals surface area contributed by atoms with Crippen LogP contribution in [0.1, 0.15) is 25.3 Å². The smallest absolute Gasteiger partial charge is 0.397 e. The van der Waals surface area contributed by atoms with Crippen LogP contribution in [0.2, 0.25) is 0 Å². The van der Waals surface area contributed by atoms with E-state index in [1.165, 1.54) is 18.9 Å². The van der Waals surface area contributed by atoms with Gasteiger partial charge in [0.15, 0.2) is 0 Å². The first-order valence-corrected chi connectivity index (χ1v) is 6.82. The van der Waals surface area contributed by atoms with Crippen LogP contribution in [0.5, 0.6) is 0 Å². The van der Waals surface area contributed by atoms with Crippen LogP contribution in [0.4, 0.5) is 24.5 Å². The third kappa shape index (κ3) is 3.56. The number of anilines is 2. The van der Waals surface area contributed by atoms with Crippen molar-refractivity contribution in [2.24, 2.45) is 0 Å². The topological polar surface area (TPSA) is 41.3 Å². The maximum absolute atomic E-state index is 12.5. The summed E-state index contributed by atoms with van der Waals surface area (Å²) in [6.45, 7) is 4.96. The van der Waals surface area contributed by atoms with Gasteiger partial charge in [-0.05, 0) is 51.1 Å². The van der Waals surface area contributed by atoms with Crippen LogP contribution in [0.15, 0.2) is 18.2 Å². The van der Waals surface area contributed by atoms with Crippen LogP contribution in [-0.4, -0.2) is 30.6 Å². The molecule has 0 saturated carbocycles. The number of nitrogens with two attached hydrogens (primary N) is 1. The summed E-state index contributed by atoms with van der Waals surface area (Å²) in [5, 5.41) is 3.13. The third-order valence-corrected chi connectivity index (χ3v) is 3.73. The molecule has 2 rings (SSSR count). The largest absolute Gasteiger partial charge is 0.416 e. The van der Waals surface area contributed by atoms with E-state index < -0.39 is 11.7 Å². The Kier molecular flexibility index (Phi) is 4.42. The summed E-state index contributed by atoms with van der Waals surface area (Å²) in [4.78, 5) is 2.37. The molecule has 1 heterocycles. The molecule has 0 aromatic heterocycles. The van der Waals surface area contributed by atoms with Crippen molar-refractivity contribution >= 4 is 11.4 Å². The minimum absolute atomic E-state index is 0.133. The zero-order valence-corrected chi connectivity index (χ0v) is 11.5. The standard InChI is InChI=1S/C14H20F3N3/c1-10(20-6-2-3-7-20)9-19-13-5-4-11(8-12(13)18)14(15,16)17/h4-5,8,10,19H,2-3,6-7,9,18H2,1H3. The van der Waals surface area contributed by atoms with E-state index >= 15 is 0 Å². The predicted octanol–water partition coefficient (Wildman–Crippen LogP) is 3.18. The highest BCUT2D eigenvalue weighted by molar-refractivity contribution is 5.67. The van der Waals surface area contributed by atoms with E-state index in [9.17, 15) is 13.2 Å². The van der Waals surface area contributed by atoms with Crippen molar-refractivity contribution in [3.05, 3.63) is 23.8 Å². The monoisotopic (exact) mass is 287 g/mol. The second-order valence-corrected chi connectivity index (χ2v) is 5.27. The molecule has 1 aliphatic rings. The molecule has 1 fully saturated rings. The summed E-state index contributed by atoms with van der Waals surface area (Å²) in [6.07, 6.45) is -1.92. The normalized spacial score (nSPS) is 18.2. The van der Waals surface area contributed by atoms with Gasteiger partial charge in [0.05, 0.1) is 16.9 Å². The number of nitrogens with one attached hydrogen (secondary N) is 1. The molecule has 112 valence electrons. The number of likely N-dealkylation sites (tertiary alicyclic amines) is 1. The lowest BCUT2D eigenvalue weighted by Crippen LogP contribution is -2.35. The summed E-state index contributed by atoms with van der Waals surface area (Å²) >= 11 is 0. The predicted molar refractivity (Wildman–Crippen MR) is 74.6 cm³/mol. The number of nitrogen functional groups attached to an aromatic ring is 1. The minimum atomic E-state index is -4.35. The number of benzene rings is 1. The molecule has 1 aromatic carbocycles. The van der Waals surface area contributed by atoms with Gasteiger partial charge in [0.2, 0.25) is 0 Å². The molecule has 1 unspecified atom stereocenters. The number of rotatable bonds is 4. The van der Waals surface area contributed by atoms with Crippen molar-refractivity contribution in [1.29, 1.82) is 0 Å². The third-order valence-electron chi connectivity index (χ3n) is 3.73. The molecule has 6 heteroatoms. The maximum atomic E-state index is 12.5. The van der Waals surface area contributed by atoms with E-state index in [4.69, 9.17) is 5.73 Å². The van der Waals surface area contributed by atoms with E-state index in [2.05, 4.69) is 17.1 Å². The molecule has 1 atom stereocenters. The van der Waals surface area contributed by atoms with Gasteiger partial charge in [0, 0.05) is 12.6 Å². The fraction of sp³-hybridized carbons (Fsp3) is 0.571. The molecule has 20 heavy (non-hydrogen) atoms. The van der Waals surface area contributed by atoms with Crippen LogP contribution >= 0.6 is 0 Å². The van der Waals surface area contributed by atoms with E-state index in [1.807, 2.05) is 0 Å². The van der Waals surface area contributed by atoms with Crippen molar-refractivity contribution in [2.45, 2.75) is 32.0 Å². The Hall–Kier alpha value is -1.43. The van der Waals surface area contributed by atoms with E-state index in [0.29, 0.717) is 18.3 Å². The molecule has 3 nitrogen and oxygen atoms in total. The Labute approximate surface area is 116 Å². The average Bonchev–Trinajstić information content (AvgIpc) is 2.89. The second-order valence-electron chi connectivity index (χ2n) is 5.27. The van der Waals surface area contributed by atoms with Crippen LogP contribution in [0.3, 0.4) is 0 Å². The molecule has 1 aromatic rings. The van der Waals surface area contributed by atoms with Gasteiger partial charge in [-0.25, -0.2) is 0 Å². The van der Waals surface area contributed by atoms with Crippen LogP contribution in [-0.2, 0) is 6.18 Å². The number of nitrogens with zero attached hydrogens (tertiary/aromatic N) is 1. The Morgan fingerprint density at radius 2 is 1.95 bits per heavy atom. The van der Waals surface area contributed by atoms with Gasteiger partial charge in [-0.1, -0.05) is 0 Å². The van der Waals surface area contributed by atoms with Crippen molar-refractivity contribution in [2.75, 3.05) is 30.7 Å². The molecule has 0 amide bonds. The van der Waals surface area contributed by atoms with Crippen molar-refractivity contribution < 1.29 is 13.2 Å². The Balaban J connectivity index is 1.96. The molecule has 0 spiro atoms. The Morgan fingerprint density at radius 3 is 2.50 bits per heavy atom. The van der Waals surface area contributed by atoms with Gasteiger partial charge in [-0.3, -0.25) is 4.90 Å². The molecule has 1 aliphatic heterocycles. The fourth-order valence-corrected chi connectivity index (χ4v) is 2.47. The lowest BCUT2D eigenvalue weighted by atomic mass is 10.1. The lowest BCUT2D eigenvalue weighted by Gasteiger charge is -2.24. The fourth-order valence-electron chi connectivity index (χ4n) is 2.47. The maximum Gasteiger partial charge on any atom is 0.416 e. The summed E-state index contributed by atoms with van der Waals surface area (Å²) in [5.41, 5.74) is 5.66. The highest BCUT2D eigenvalue weighted by atomic mass is 19.4. The SMILES string of the molecule is CC(CNc1ccc(C(F)(F)F)cc1N)N1CCCC1. The highest BCUT2D eigenvalue weighted by Gasteiger charge is 2.30. The molecule has 0 radical (unpaired) electrons. The molecule has 1 saturated heterocycles. The van der Waals surface area contributed by atoms with Crippen molar-refractivity contribution in [1.82, 2.24) is 4.90 Å². The Bertz CT molecular complexity index is 453. The lowest BCUT2D eigenvalue weighted by molar-refractivity contribution is -0.137. The van der Waals surface area contributed by atoms with Gasteiger partial charge >= 0.3 is 6.18 Å². The van der Waals surface area contributed by atoms with Gasteiger partial charge in [-0.15, -0.1) is 0 Å². The number of alkyl halides is 3. The van der Waals surface area contributed by atoms with E-state index in [-0.39, 0.29) is 5.69 Å². The second kappa shape index (κ2) is 5.91. The minimum Gasteiger partial charge on any atom is -0.397 e. The van der Waals surface area contributed by atoms with Gasteiger partial charge in [-0.2, -0.15) is 13.2 Å². The first-order valence-electron chi connectivity index (χ1n) is 6.82. The van der Waals surface area contributed by atoms with Crippen LogP contribution < -0.4 is 11.1 Å². The number of hydrogen-bond donors (Lipinski definition) is 2. The molecule has 0 aliphatic carbocycles. The first kappa shape index (κ1) is 15.0. The number of halogens is 3. The summed E-state index contributed by atoms with van der Waals surface area (Å²) in [6, 6.07) is 3.77. The highest BCUT2D eigenvalue weighted by Crippen LogP contribution is 2.32. The molecule has 0 bridgehead atoms. The van der Waals surface area contributed by atoms with Crippen molar-refractivity contribution in [3.8, 4) is 0 Å². The molecule has 3 N–H and O–H groups in total. The summed E-state index contributed by atoms with van der Waals surface area (Å²) in [5.74, 6) is 0. The van der Waals surface area contributed by atoms with Crippen LogP contribution in [0.25, 0.3) is 0 Å². The van der Waals surface area contributed by atoms with Gasteiger partial charge in [0.1, 0.15) is 0 Å². The number of hydrogen-bond acceptors (Lipinski definition) is 3. The zero-order chi connectivity index (χ0) is 14.8. The summed E-state index contributed by atoms with van der Waals surface area (Å²) in [7, 11) is 0. The van der Waals surface area contributed by atoms with Crippen molar-refractivity contribution in [3.63, 3.8) is 0 Å². The molecular formula is C14H20F3N3. The van der Waals surface area contributed by atoms with Gasteiger partial charge < -0.3 is 11.1 Å².